The average molecular weight is 834 g/mol. The first-order chi connectivity index (χ1) is 28.1. The van der Waals surface area contributed by atoms with Crippen LogP contribution in [0.2, 0.25) is 0 Å². The molecule has 3 unspecified atom stereocenters. The minimum Gasteiger partial charge on any atom is -0.480 e. The van der Waals surface area contributed by atoms with Gasteiger partial charge in [-0.2, -0.15) is 0 Å². The van der Waals surface area contributed by atoms with Crippen LogP contribution < -0.4 is 5.73 Å². The topological polar surface area (TPSA) is 172 Å². The van der Waals surface area contributed by atoms with Gasteiger partial charge < -0.3 is 25.2 Å². The molecule has 12 heteroatoms. The fourth-order valence-corrected chi connectivity index (χ4v) is 6.08. The van der Waals surface area contributed by atoms with Crippen LogP contribution in [0.25, 0.3) is 0 Å². The van der Waals surface area contributed by atoms with Crippen molar-refractivity contribution in [1.82, 2.24) is 0 Å². The van der Waals surface area contributed by atoms with Gasteiger partial charge in [-0.15, -0.1) is 0 Å². The number of unbranched alkanes of at least 4 members (excludes halogenated alkanes) is 11. The molecule has 0 aromatic rings. The number of esters is 2. The van der Waals surface area contributed by atoms with Gasteiger partial charge in [0, 0.05) is 12.8 Å². The first-order valence-corrected chi connectivity index (χ1v) is 23.1. The maximum Gasteiger partial charge on any atom is 0.472 e. The van der Waals surface area contributed by atoms with Crippen LogP contribution >= 0.6 is 7.82 Å². The Morgan fingerprint density at radius 3 is 1.38 bits per heavy atom. The number of carboxylic acid groups (broad SMARTS) is 1. The molecule has 0 saturated carbocycles. The van der Waals surface area contributed by atoms with E-state index < -0.39 is 51.1 Å². The molecular weight excluding hydrogens is 757 g/mol. The SMILES string of the molecule is CC/C=C\C/C=C\C/C=C\C/C=C\CCCCCCCCCCC(=O)OC(COC(=O)CCCCC/C=C\C/C=C\C/C=C\CC)COP(=O)(O)OCC(N)C(=O)O. The van der Waals surface area contributed by atoms with Crippen molar-refractivity contribution in [3.8, 4) is 0 Å². The van der Waals surface area contributed by atoms with Crippen molar-refractivity contribution in [1.29, 1.82) is 0 Å². The summed E-state index contributed by atoms with van der Waals surface area (Å²) in [5.41, 5.74) is 5.33. The Morgan fingerprint density at radius 1 is 0.534 bits per heavy atom. The van der Waals surface area contributed by atoms with Crippen molar-refractivity contribution in [2.24, 2.45) is 5.73 Å². The van der Waals surface area contributed by atoms with Crippen molar-refractivity contribution in [2.75, 3.05) is 19.8 Å². The summed E-state index contributed by atoms with van der Waals surface area (Å²) in [5, 5.41) is 8.89. The molecule has 0 fully saturated rings. The summed E-state index contributed by atoms with van der Waals surface area (Å²) in [7, 11) is -4.73. The normalized spacial score (nSPS) is 14.6. The Kier molecular flexibility index (Phi) is 38.1. The molecule has 330 valence electrons. The number of phosphoric ester groups is 1. The van der Waals surface area contributed by atoms with Crippen LogP contribution in [0, 0.1) is 0 Å². The van der Waals surface area contributed by atoms with E-state index in [4.69, 9.17) is 24.8 Å². The number of phosphoric acid groups is 1. The van der Waals surface area contributed by atoms with E-state index in [0.717, 1.165) is 96.3 Å². The standard InChI is InChI=1S/C46H76NO10P/c1-3-5-7-9-11-13-15-17-18-19-20-21-22-23-24-26-28-30-32-34-36-38-45(49)57-42(40-55-58(52,53)56-41-43(47)46(50)51)39-54-44(48)37-35-33-31-29-27-25-16-14-12-10-8-6-4-2/h5-8,11-14,17-18,20-21,25,27,42-43H,3-4,9-10,15-16,19,22-24,26,28-41,47H2,1-2H3,(H,50,51)(H,52,53)/b7-5-,8-6-,13-11-,14-12-,18-17-,21-20-,27-25-. The number of hydrogen-bond donors (Lipinski definition) is 3. The van der Waals surface area contributed by atoms with Crippen molar-refractivity contribution < 1.29 is 47.5 Å². The number of allylic oxidation sites excluding steroid dienone is 14. The highest BCUT2D eigenvalue weighted by molar-refractivity contribution is 7.47. The maximum atomic E-state index is 12.6. The molecule has 0 aromatic heterocycles. The fourth-order valence-electron chi connectivity index (χ4n) is 5.30. The molecule has 0 rings (SSSR count). The third-order valence-electron chi connectivity index (χ3n) is 8.64. The Labute approximate surface area is 350 Å². The molecule has 0 aliphatic rings. The van der Waals surface area contributed by atoms with E-state index >= 15 is 0 Å². The summed E-state index contributed by atoms with van der Waals surface area (Å²) in [6.07, 6.45) is 49.4. The van der Waals surface area contributed by atoms with Gasteiger partial charge in [-0.1, -0.05) is 144 Å². The van der Waals surface area contributed by atoms with E-state index in [2.05, 4.69) is 103 Å². The smallest absolute Gasteiger partial charge is 0.472 e. The number of carbonyl (C=O) groups is 3. The van der Waals surface area contributed by atoms with Gasteiger partial charge in [0.2, 0.25) is 0 Å². The number of carbonyl (C=O) groups excluding carboxylic acids is 2. The fraction of sp³-hybridized carbons (Fsp3) is 0.630. The first kappa shape index (κ1) is 54.7. The number of ether oxygens (including phenoxy) is 2. The molecule has 4 N–H and O–H groups in total. The number of rotatable bonds is 39. The highest BCUT2D eigenvalue weighted by Gasteiger charge is 2.28. The molecule has 0 bridgehead atoms. The lowest BCUT2D eigenvalue weighted by molar-refractivity contribution is -0.161. The monoisotopic (exact) mass is 834 g/mol. The first-order valence-electron chi connectivity index (χ1n) is 21.6. The molecule has 0 saturated heterocycles. The van der Waals surface area contributed by atoms with Gasteiger partial charge in [0.1, 0.15) is 12.6 Å². The van der Waals surface area contributed by atoms with Crippen LogP contribution in [0.5, 0.6) is 0 Å². The van der Waals surface area contributed by atoms with Crippen LogP contribution in [0.15, 0.2) is 85.1 Å². The van der Waals surface area contributed by atoms with Crippen molar-refractivity contribution in [3.63, 3.8) is 0 Å². The van der Waals surface area contributed by atoms with Gasteiger partial charge in [0.15, 0.2) is 6.10 Å². The Bertz CT molecular complexity index is 1300. The van der Waals surface area contributed by atoms with Crippen LogP contribution in [0.1, 0.15) is 155 Å². The number of hydrogen-bond acceptors (Lipinski definition) is 9. The van der Waals surface area contributed by atoms with Crippen LogP contribution in [0.3, 0.4) is 0 Å². The van der Waals surface area contributed by atoms with Gasteiger partial charge in [0.05, 0.1) is 13.2 Å². The molecule has 58 heavy (non-hydrogen) atoms. The lowest BCUT2D eigenvalue weighted by Crippen LogP contribution is -2.34. The summed E-state index contributed by atoms with van der Waals surface area (Å²) < 4.78 is 32.6. The Balaban J connectivity index is 4.39. The van der Waals surface area contributed by atoms with E-state index in [1.165, 1.54) is 19.3 Å². The molecule has 0 heterocycles. The van der Waals surface area contributed by atoms with Crippen molar-refractivity contribution >= 4 is 25.7 Å². The molecule has 3 atom stereocenters. The summed E-state index contributed by atoms with van der Waals surface area (Å²) in [5.74, 6) is -2.44. The Hall–Kier alpha value is -3.34. The molecule has 0 radical (unpaired) electrons. The lowest BCUT2D eigenvalue weighted by Gasteiger charge is -2.20. The number of nitrogens with two attached hydrogens (primary N) is 1. The number of aliphatic carboxylic acids is 1. The van der Waals surface area contributed by atoms with E-state index in [0.29, 0.717) is 12.8 Å². The van der Waals surface area contributed by atoms with Gasteiger partial charge >= 0.3 is 25.7 Å². The highest BCUT2D eigenvalue weighted by Crippen LogP contribution is 2.43. The lowest BCUT2D eigenvalue weighted by atomic mass is 10.1. The van der Waals surface area contributed by atoms with Crippen molar-refractivity contribution in [2.45, 2.75) is 167 Å². The molecule has 0 amide bonds. The van der Waals surface area contributed by atoms with Gasteiger partial charge in [-0.05, 0) is 83.5 Å². The van der Waals surface area contributed by atoms with Gasteiger partial charge in [0.25, 0.3) is 0 Å². The van der Waals surface area contributed by atoms with E-state index in [9.17, 15) is 23.8 Å². The second kappa shape index (κ2) is 40.4. The molecule has 0 spiro atoms. The predicted molar refractivity (Wildman–Crippen MR) is 235 cm³/mol. The molecule has 0 aliphatic carbocycles. The third-order valence-corrected chi connectivity index (χ3v) is 9.59. The molecule has 0 aliphatic heterocycles. The van der Waals surface area contributed by atoms with Gasteiger partial charge in [-0.3, -0.25) is 23.4 Å². The summed E-state index contributed by atoms with van der Waals surface area (Å²) in [6, 6.07) is -1.53. The van der Waals surface area contributed by atoms with Crippen LogP contribution in [-0.2, 0) is 37.5 Å². The van der Waals surface area contributed by atoms with Crippen molar-refractivity contribution in [3.05, 3.63) is 85.1 Å². The predicted octanol–water partition coefficient (Wildman–Crippen LogP) is 11.5. The van der Waals surface area contributed by atoms with Gasteiger partial charge in [-0.25, -0.2) is 4.57 Å². The van der Waals surface area contributed by atoms with Crippen LogP contribution in [0.4, 0.5) is 0 Å². The summed E-state index contributed by atoms with van der Waals surface area (Å²) in [6.45, 7) is 2.52. The Morgan fingerprint density at radius 2 is 0.914 bits per heavy atom. The van der Waals surface area contributed by atoms with E-state index in [1.54, 1.807) is 0 Å². The third kappa shape index (κ3) is 39.5. The zero-order chi connectivity index (χ0) is 42.8. The maximum absolute atomic E-state index is 12.6. The summed E-state index contributed by atoms with van der Waals surface area (Å²) >= 11 is 0. The quantitative estimate of drug-likeness (QED) is 0.0233. The van der Waals surface area contributed by atoms with Crippen LogP contribution in [-0.4, -0.2) is 59.9 Å². The van der Waals surface area contributed by atoms with E-state index in [1.807, 2.05) is 0 Å². The zero-order valence-electron chi connectivity index (χ0n) is 35.6. The van der Waals surface area contributed by atoms with E-state index in [-0.39, 0.29) is 19.4 Å². The molecule has 11 nitrogen and oxygen atoms in total. The minimum absolute atomic E-state index is 0.140. The average Bonchev–Trinajstić information content (AvgIpc) is 3.20. The zero-order valence-corrected chi connectivity index (χ0v) is 36.5. The largest absolute Gasteiger partial charge is 0.480 e. The highest BCUT2D eigenvalue weighted by atomic mass is 31.2. The second-order valence-corrected chi connectivity index (χ2v) is 15.5. The second-order valence-electron chi connectivity index (χ2n) is 14.1. The summed E-state index contributed by atoms with van der Waals surface area (Å²) in [4.78, 5) is 45.9. The number of carboxylic acids is 1. The molecule has 0 aromatic carbocycles. The molecular formula is C46H76NO10P. The minimum atomic E-state index is -4.73.